The van der Waals surface area contributed by atoms with Gasteiger partial charge in [-0.25, -0.2) is 5.01 Å². The fourth-order valence-electron chi connectivity index (χ4n) is 2.20. The van der Waals surface area contributed by atoms with Gasteiger partial charge in [-0.2, -0.15) is 5.11 Å². The molecule has 0 N–H and O–H groups in total. The van der Waals surface area contributed by atoms with Crippen molar-refractivity contribution in [2.75, 3.05) is 11.6 Å². The van der Waals surface area contributed by atoms with E-state index in [4.69, 9.17) is 0 Å². The predicted molar refractivity (Wildman–Crippen MR) is 74.5 cm³/mol. The molecule has 0 saturated heterocycles. The quantitative estimate of drug-likeness (QED) is 0.631. The lowest BCUT2D eigenvalue weighted by Gasteiger charge is -2.21. The van der Waals surface area contributed by atoms with Crippen LogP contribution < -0.4 is 5.01 Å². The summed E-state index contributed by atoms with van der Waals surface area (Å²) >= 11 is 0. The Balaban J connectivity index is 1.88. The molecule has 6 nitrogen and oxygen atoms in total. The average molecular weight is 268 g/mol. The van der Waals surface area contributed by atoms with Crippen molar-refractivity contribution in [1.29, 1.82) is 0 Å². The van der Waals surface area contributed by atoms with Crippen LogP contribution in [0, 0.1) is 10.1 Å². The number of nitrogens with zero attached hydrogens (tertiary/aromatic N) is 4. The van der Waals surface area contributed by atoms with Gasteiger partial charge in [0.1, 0.15) is 6.04 Å². The number of hydrogen-bond donors (Lipinski definition) is 0. The van der Waals surface area contributed by atoms with Crippen LogP contribution in [0.1, 0.15) is 11.6 Å². The van der Waals surface area contributed by atoms with Crippen molar-refractivity contribution in [3.05, 3.63) is 70.3 Å². The minimum absolute atomic E-state index is 0.0156. The Morgan fingerprint density at radius 2 is 1.80 bits per heavy atom. The maximum Gasteiger partial charge on any atom is 0.269 e. The van der Waals surface area contributed by atoms with Gasteiger partial charge in [-0.1, -0.05) is 23.4 Å². The first-order valence-corrected chi connectivity index (χ1v) is 6.22. The molecule has 0 amide bonds. The van der Waals surface area contributed by atoms with Crippen LogP contribution >= 0.6 is 0 Å². The Morgan fingerprint density at radius 3 is 2.45 bits per heavy atom. The molecule has 20 heavy (non-hydrogen) atoms. The summed E-state index contributed by atoms with van der Waals surface area (Å²) in [6, 6.07) is 16.3. The molecular weight excluding hydrogens is 256 g/mol. The van der Waals surface area contributed by atoms with Crippen LogP contribution in [-0.4, -0.2) is 11.5 Å². The lowest BCUT2D eigenvalue weighted by molar-refractivity contribution is -0.384. The summed E-state index contributed by atoms with van der Waals surface area (Å²) in [5.74, 6) is 0. The third kappa shape index (κ3) is 2.23. The number of benzene rings is 2. The van der Waals surface area contributed by atoms with Crippen molar-refractivity contribution >= 4 is 11.4 Å². The van der Waals surface area contributed by atoms with E-state index in [1.54, 1.807) is 12.1 Å². The molecule has 0 unspecified atom stereocenters. The van der Waals surface area contributed by atoms with E-state index in [9.17, 15) is 10.1 Å². The minimum Gasteiger partial charge on any atom is -0.258 e. The van der Waals surface area contributed by atoms with Gasteiger partial charge in [0.2, 0.25) is 0 Å². The second-order valence-corrected chi connectivity index (χ2v) is 4.46. The number of nitro benzene ring substituents is 1. The van der Waals surface area contributed by atoms with Crippen molar-refractivity contribution in [2.24, 2.45) is 10.3 Å². The van der Waals surface area contributed by atoms with E-state index in [-0.39, 0.29) is 11.7 Å². The van der Waals surface area contributed by atoms with Crippen molar-refractivity contribution in [1.82, 2.24) is 0 Å². The van der Waals surface area contributed by atoms with Crippen LogP contribution in [-0.2, 0) is 0 Å². The summed E-state index contributed by atoms with van der Waals surface area (Å²) in [6.45, 7) is 0.548. The van der Waals surface area contributed by atoms with Gasteiger partial charge in [-0.3, -0.25) is 10.1 Å². The third-order valence-corrected chi connectivity index (χ3v) is 3.22. The summed E-state index contributed by atoms with van der Waals surface area (Å²) < 4.78 is 0. The van der Waals surface area contributed by atoms with Gasteiger partial charge in [-0.15, -0.1) is 0 Å². The first-order valence-electron chi connectivity index (χ1n) is 6.22. The summed E-state index contributed by atoms with van der Waals surface area (Å²) in [6.07, 6.45) is 0. The van der Waals surface area contributed by atoms with Gasteiger partial charge >= 0.3 is 0 Å². The standard InChI is InChI=1S/C14H12N4O2/c19-18(20)13-8-6-11(7-9-13)14-10-15-16-17(14)12-4-2-1-3-5-12/h1-9,14H,10H2/t14-/m1/s1. The van der Waals surface area contributed by atoms with Gasteiger partial charge in [0.25, 0.3) is 5.69 Å². The second-order valence-electron chi connectivity index (χ2n) is 4.46. The molecule has 0 aliphatic carbocycles. The molecule has 0 spiro atoms. The van der Waals surface area contributed by atoms with Crippen molar-refractivity contribution in [2.45, 2.75) is 6.04 Å². The number of hydrogen-bond acceptors (Lipinski definition) is 5. The van der Waals surface area contributed by atoms with Gasteiger partial charge in [0, 0.05) is 12.1 Å². The molecule has 1 atom stereocenters. The zero-order valence-corrected chi connectivity index (χ0v) is 10.6. The van der Waals surface area contributed by atoms with Crippen LogP contribution in [0.3, 0.4) is 0 Å². The first-order chi connectivity index (χ1) is 9.75. The summed E-state index contributed by atoms with van der Waals surface area (Å²) in [7, 11) is 0. The van der Waals surface area contributed by atoms with E-state index in [0.717, 1.165) is 11.3 Å². The normalized spacial score (nSPS) is 17.4. The number of rotatable bonds is 3. The molecule has 6 heteroatoms. The van der Waals surface area contributed by atoms with Crippen molar-refractivity contribution in [3.8, 4) is 0 Å². The van der Waals surface area contributed by atoms with E-state index in [1.807, 2.05) is 35.3 Å². The summed E-state index contributed by atoms with van der Waals surface area (Å²) in [4.78, 5) is 10.3. The molecule has 0 bridgehead atoms. The zero-order chi connectivity index (χ0) is 13.9. The van der Waals surface area contributed by atoms with Gasteiger partial charge < -0.3 is 0 Å². The summed E-state index contributed by atoms with van der Waals surface area (Å²) in [5, 5.41) is 20.7. The summed E-state index contributed by atoms with van der Waals surface area (Å²) in [5.41, 5.74) is 2.01. The maximum atomic E-state index is 10.7. The Hall–Kier alpha value is -2.76. The molecule has 0 radical (unpaired) electrons. The minimum atomic E-state index is -0.401. The highest BCUT2D eigenvalue weighted by Crippen LogP contribution is 2.32. The Bertz CT molecular complexity index is 640. The topological polar surface area (TPSA) is 71.1 Å². The van der Waals surface area contributed by atoms with Gasteiger partial charge in [0.15, 0.2) is 0 Å². The lowest BCUT2D eigenvalue weighted by Crippen LogP contribution is -2.20. The number of anilines is 1. The molecule has 0 saturated carbocycles. The maximum absolute atomic E-state index is 10.7. The van der Waals surface area contributed by atoms with Crippen LogP contribution in [0.5, 0.6) is 0 Å². The van der Waals surface area contributed by atoms with Crippen LogP contribution in [0.25, 0.3) is 0 Å². The number of non-ortho nitro benzene ring substituents is 1. The highest BCUT2D eigenvalue weighted by atomic mass is 16.6. The molecule has 1 heterocycles. The van der Waals surface area contributed by atoms with Crippen molar-refractivity contribution in [3.63, 3.8) is 0 Å². The highest BCUT2D eigenvalue weighted by molar-refractivity contribution is 5.49. The first kappa shape index (κ1) is 12.3. The Labute approximate surface area is 115 Å². The Kier molecular flexibility index (Phi) is 3.12. The van der Waals surface area contributed by atoms with E-state index < -0.39 is 4.92 Å². The molecule has 3 rings (SSSR count). The molecule has 2 aromatic carbocycles. The highest BCUT2D eigenvalue weighted by Gasteiger charge is 2.25. The fraction of sp³-hybridized carbons (Fsp3) is 0.143. The third-order valence-electron chi connectivity index (χ3n) is 3.22. The SMILES string of the molecule is O=[N+]([O-])c1ccc([C@H]2CN=NN2c2ccccc2)cc1. The van der Waals surface area contributed by atoms with E-state index in [1.165, 1.54) is 12.1 Å². The van der Waals surface area contributed by atoms with E-state index in [0.29, 0.717) is 6.54 Å². The molecule has 2 aromatic rings. The van der Waals surface area contributed by atoms with Gasteiger partial charge in [-0.05, 0) is 29.8 Å². The Morgan fingerprint density at radius 1 is 1.10 bits per heavy atom. The van der Waals surface area contributed by atoms with Crippen LogP contribution in [0.4, 0.5) is 11.4 Å². The average Bonchev–Trinajstić information content (AvgIpc) is 2.97. The predicted octanol–water partition coefficient (Wildman–Crippen LogP) is 3.52. The van der Waals surface area contributed by atoms with Crippen LogP contribution in [0.15, 0.2) is 64.9 Å². The molecule has 0 fully saturated rings. The molecule has 0 aromatic heterocycles. The monoisotopic (exact) mass is 268 g/mol. The van der Waals surface area contributed by atoms with Crippen molar-refractivity contribution < 1.29 is 4.92 Å². The lowest BCUT2D eigenvalue weighted by atomic mass is 10.1. The largest absolute Gasteiger partial charge is 0.269 e. The zero-order valence-electron chi connectivity index (χ0n) is 10.6. The molecule has 1 aliphatic rings. The fourth-order valence-corrected chi connectivity index (χ4v) is 2.20. The molecular formula is C14H12N4O2. The number of nitro groups is 1. The van der Waals surface area contributed by atoms with E-state index >= 15 is 0 Å². The molecule has 1 aliphatic heterocycles. The number of para-hydroxylation sites is 1. The molecule has 100 valence electrons. The van der Waals surface area contributed by atoms with E-state index in [2.05, 4.69) is 10.3 Å². The van der Waals surface area contributed by atoms with Crippen LogP contribution in [0.2, 0.25) is 0 Å². The van der Waals surface area contributed by atoms with Gasteiger partial charge in [0.05, 0.1) is 17.2 Å². The second kappa shape index (κ2) is 5.08. The smallest absolute Gasteiger partial charge is 0.258 e.